The second kappa shape index (κ2) is 5.98. The highest BCUT2D eigenvalue weighted by molar-refractivity contribution is 6.30. The van der Waals surface area contributed by atoms with Crippen molar-refractivity contribution in [2.75, 3.05) is 18.5 Å². The third-order valence-corrected chi connectivity index (χ3v) is 4.40. The normalized spacial score (nSPS) is 22.9. The van der Waals surface area contributed by atoms with Crippen molar-refractivity contribution in [3.63, 3.8) is 0 Å². The summed E-state index contributed by atoms with van der Waals surface area (Å²) in [5.41, 5.74) is -0.920. The van der Waals surface area contributed by atoms with Crippen LogP contribution in [-0.4, -0.2) is 37.2 Å². The minimum absolute atomic E-state index is 0.0516. The number of nitrogens with one attached hydrogen (secondary N) is 1. The Morgan fingerprint density at radius 3 is 2.46 bits per heavy atom. The van der Waals surface area contributed by atoms with Crippen molar-refractivity contribution < 1.29 is 28.6 Å². The molecule has 0 unspecified atom stereocenters. The maximum absolute atomic E-state index is 12.7. The van der Waals surface area contributed by atoms with E-state index in [2.05, 4.69) is 5.32 Å². The quantitative estimate of drug-likeness (QED) is 0.501. The largest absolute Gasteiger partial charge is 0.465 e. The number of anilines is 1. The van der Waals surface area contributed by atoms with Crippen molar-refractivity contribution in [1.29, 1.82) is 0 Å². The van der Waals surface area contributed by atoms with E-state index in [0.717, 1.165) is 0 Å². The van der Waals surface area contributed by atoms with Gasteiger partial charge in [-0.1, -0.05) is 11.6 Å². The van der Waals surface area contributed by atoms with Gasteiger partial charge in [-0.2, -0.15) is 0 Å². The molecule has 2 aliphatic rings. The van der Waals surface area contributed by atoms with Gasteiger partial charge >= 0.3 is 17.9 Å². The van der Waals surface area contributed by atoms with Crippen LogP contribution in [0.25, 0.3) is 0 Å². The number of fused-ring (bicyclic) bond motifs is 4. The maximum atomic E-state index is 12.7. The van der Waals surface area contributed by atoms with Crippen LogP contribution < -0.4 is 5.32 Å². The lowest BCUT2D eigenvalue weighted by atomic mass is 9.71. The molecule has 1 N–H and O–H groups in total. The molecule has 7 nitrogen and oxygen atoms in total. The van der Waals surface area contributed by atoms with Crippen molar-refractivity contribution in [2.24, 2.45) is 5.41 Å². The van der Waals surface area contributed by atoms with Gasteiger partial charge in [-0.25, -0.2) is 4.79 Å². The van der Waals surface area contributed by atoms with Crippen LogP contribution in [0.5, 0.6) is 0 Å². The molecule has 1 aromatic carbocycles. The van der Waals surface area contributed by atoms with Crippen molar-refractivity contribution in [3.8, 4) is 0 Å². The SMILES string of the molecule is CCOC(=O)C1(C(=O)OCC)[C@@H]2Nc3ccc(Cl)cc3[C@H]1OC2=O. The first-order chi connectivity index (χ1) is 11.5. The zero-order valence-corrected chi connectivity index (χ0v) is 13.9. The molecule has 0 aromatic heterocycles. The van der Waals surface area contributed by atoms with E-state index < -0.39 is 35.5 Å². The molecule has 2 aliphatic heterocycles. The van der Waals surface area contributed by atoms with Gasteiger partial charge in [-0.3, -0.25) is 9.59 Å². The van der Waals surface area contributed by atoms with Gasteiger partial charge in [0.2, 0.25) is 5.41 Å². The second-order valence-electron chi connectivity index (χ2n) is 5.44. The number of halogens is 1. The number of carbonyl (C=O) groups is 3. The van der Waals surface area contributed by atoms with Gasteiger partial charge in [-0.05, 0) is 32.0 Å². The summed E-state index contributed by atoms with van der Waals surface area (Å²) in [4.78, 5) is 37.7. The summed E-state index contributed by atoms with van der Waals surface area (Å²) in [6.45, 7) is 3.33. The van der Waals surface area contributed by atoms with Crippen LogP contribution in [0.15, 0.2) is 18.2 Å². The first-order valence-corrected chi connectivity index (χ1v) is 7.95. The second-order valence-corrected chi connectivity index (χ2v) is 5.87. The molecule has 128 valence electrons. The molecule has 2 atom stereocenters. The van der Waals surface area contributed by atoms with E-state index in [9.17, 15) is 14.4 Å². The fourth-order valence-electron chi connectivity index (χ4n) is 3.17. The lowest BCUT2D eigenvalue weighted by Crippen LogP contribution is -2.57. The van der Waals surface area contributed by atoms with E-state index in [-0.39, 0.29) is 13.2 Å². The number of rotatable bonds is 4. The molecule has 3 rings (SSSR count). The summed E-state index contributed by atoms with van der Waals surface area (Å²) >= 11 is 6.02. The smallest absolute Gasteiger partial charge is 0.331 e. The predicted molar refractivity (Wildman–Crippen MR) is 83.4 cm³/mol. The van der Waals surface area contributed by atoms with Crippen molar-refractivity contribution >= 4 is 35.2 Å². The Hall–Kier alpha value is -2.28. The molecule has 0 aliphatic carbocycles. The van der Waals surface area contributed by atoms with Crippen LogP contribution in [0.3, 0.4) is 0 Å². The van der Waals surface area contributed by atoms with Crippen molar-refractivity contribution in [2.45, 2.75) is 26.0 Å². The number of hydrogen-bond acceptors (Lipinski definition) is 7. The average Bonchev–Trinajstić information content (AvgIpc) is 2.75. The molecule has 2 heterocycles. The van der Waals surface area contributed by atoms with E-state index in [1.165, 1.54) is 0 Å². The Balaban J connectivity index is 2.20. The first kappa shape index (κ1) is 16.6. The Labute approximate surface area is 143 Å². The summed E-state index contributed by atoms with van der Waals surface area (Å²) in [5.74, 6) is -2.43. The Kier molecular flexibility index (Phi) is 4.13. The fourth-order valence-corrected chi connectivity index (χ4v) is 3.35. The minimum atomic E-state index is -1.93. The highest BCUT2D eigenvalue weighted by atomic mass is 35.5. The molecule has 24 heavy (non-hydrogen) atoms. The Morgan fingerprint density at radius 1 is 1.25 bits per heavy atom. The molecule has 0 saturated carbocycles. The summed E-state index contributed by atoms with van der Waals surface area (Å²) < 4.78 is 15.5. The van der Waals surface area contributed by atoms with Gasteiger partial charge < -0.3 is 19.5 Å². The molecule has 0 spiro atoms. The van der Waals surface area contributed by atoms with E-state index in [1.807, 2.05) is 0 Å². The highest BCUT2D eigenvalue weighted by Crippen LogP contribution is 2.54. The lowest BCUT2D eigenvalue weighted by Gasteiger charge is -2.37. The number of ether oxygens (including phenoxy) is 3. The molecule has 8 heteroatoms. The fraction of sp³-hybridized carbons (Fsp3) is 0.438. The monoisotopic (exact) mass is 353 g/mol. The van der Waals surface area contributed by atoms with Gasteiger partial charge in [-0.15, -0.1) is 0 Å². The third-order valence-electron chi connectivity index (χ3n) is 4.16. The van der Waals surface area contributed by atoms with Gasteiger partial charge in [0, 0.05) is 16.3 Å². The summed E-state index contributed by atoms with van der Waals surface area (Å²) in [6, 6.07) is 3.64. The van der Waals surface area contributed by atoms with Gasteiger partial charge in [0.15, 0.2) is 12.1 Å². The average molecular weight is 354 g/mol. The number of hydrogen-bond donors (Lipinski definition) is 1. The summed E-state index contributed by atoms with van der Waals surface area (Å²) in [6.07, 6.45) is -1.15. The maximum Gasteiger partial charge on any atom is 0.331 e. The number of esters is 3. The summed E-state index contributed by atoms with van der Waals surface area (Å²) in [5, 5.41) is 3.29. The molecular weight excluding hydrogens is 338 g/mol. The molecule has 2 bridgehead atoms. The molecule has 0 radical (unpaired) electrons. The third kappa shape index (κ3) is 2.15. The van der Waals surface area contributed by atoms with E-state index in [4.69, 9.17) is 25.8 Å². The zero-order valence-electron chi connectivity index (χ0n) is 13.1. The zero-order chi connectivity index (χ0) is 17.5. The Morgan fingerprint density at radius 2 is 1.88 bits per heavy atom. The van der Waals surface area contributed by atoms with Crippen LogP contribution in [0.4, 0.5) is 5.69 Å². The number of carbonyl (C=O) groups excluding carboxylic acids is 3. The molecule has 1 saturated heterocycles. The van der Waals surface area contributed by atoms with Gasteiger partial charge in [0.1, 0.15) is 0 Å². The van der Waals surface area contributed by atoms with Crippen LogP contribution in [0, 0.1) is 5.41 Å². The van der Waals surface area contributed by atoms with Gasteiger partial charge in [0.05, 0.1) is 13.2 Å². The first-order valence-electron chi connectivity index (χ1n) is 7.57. The minimum Gasteiger partial charge on any atom is -0.465 e. The van der Waals surface area contributed by atoms with Crippen LogP contribution in [0.2, 0.25) is 5.02 Å². The van der Waals surface area contributed by atoms with Gasteiger partial charge in [0.25, 0.3) is 0 Å². The van der Waals surface area contributed by atoms with Crippen LogP contribution in [0.1, 0.15) is 25.5 Å². The van der Waals surface area contributed by atoms with Crippen molar-refractivity contribution in [3.05, 3.63) is 28.8 Å². The van der Waals surface area contributed by atoms with Crippen LogP contribution in [-0.2, 0) is 28.6 Å². The summed E-state index contributed by atoms with van der Waals surface area (Å²) in [7, 11) is 0. The van der Waals surface area contributed by atoms with E-state index >= 15 is 0 Å². The van der Waals surface area contributed by atoms with Crippen LogP contribution >= 0.6 is 11.6 Å². The standard InChI is InChI=1S/C16H16ClNO6/c1-3-22-14(20)16(15(21)23-4-2)11-13(19)24-12(16)9-7-8(17)5-6-10(9)18-11/h5-7,11-12,18H,3-4H2,1-2H3/t11-,12-/m1/s1. The molecule has 0 amide bonds. The van der Waals surface area contributed by atoms with Crippen molar-refractivity contribution in [1.82, 2.24) is 0 Å². The number of benzene rings is 1. The van der Waals surface area contributed by atoms with E-state index in [0.29, 0.717) is 16.3 Å². The molecule has 1 aromatic rings. The topological polar surface area (TPSA) is 90.9 Å². The molecule has 1 fully saturated rings. The van der Waals surface area contributed by atoms with E-state index in [1.54, 1.807) is 32.0 Å². The lowest BCUT2D eigenvalue weighted by molar-refractivity contribution is -0.177. The Bertz CT molecular complexity index is 701. The predicted octanol–water partition coefficient (Wildman–Crippen LogP) is 1.84. The highest BCUT2D eigenvalue weighted by Gasteiger charge is 2.72. The molecular formula is C16H16ClNO6.